The average Bonchev–Trinajstić information content (AvgIpc) is 3.17. The fraction of sp³-hybridized carbons (Fsp3) is 0.370. The number of anilines is 1. The van der Waals surface area contributed by atoms with Gasteiger partial charge in [0.05, 0.1) is 17.7 Å². The summed E-state index contributed by atoms with van der Waals surface area (Å²) in [5.74, 6) is 0.0528. The molecule has 5 rings (SSSR count). The number of piperidine rings is 1. The molecule has 1 aliphatic heterocycles. The van der Waals surface area contributed by atoms with Gasteiger partial charge in [0, 0.05) is 80.4 Å². The first-order valence-electron chi connectivity index (χ1n) is 11.9. The fourth-order valence-electron chi connectivity index (χ4n) is 5.28. The first-order valence-corrected chi connectivity index (χ1v) is 11.9. The predicted octanol–water partition coefficient (Wildman–Crippen LogP) is 3.54. The Morgan fingerprint density at radius 3 is 2.91 bits per heavy atom. The van der Waals surface area contributed by atoms with Crippen LogP contribution < -0.4 is 4.90 Å². The largest absolute Gasteiger partial charge is 0.386 e. The van der Waals surface area contributed by atoms with Crippen molar-refractivity contribution in [2.75, 3.05) is 31.6 Å². The number of hydrogen-bond acceptors (Lipinski definition) is 5. The summed E-state index contributed by atoms with van der Waals surface area (Å²) in [5.41, 5.74) is 3.32. The molecule has 176 valence electrons. The lowest BCUT2D eigenvalue weighted by Gasteiger charge is -2.42. The van der Waals surface area contributed by atoms with Gasteiger partial charge in [0.25, 0.3) is 0 Å². The molecule has 0 saturated carbocycles. The summed E-state index contributed by atoms with van der Waals surface area (Å²) in [6, 6.07) is 12.2. The van der Waals surface area contributed by atoms with Crippen molar-refractivity contribution in [1.29, 1.82) is 0 Å². The standard InChI is InChI=1S/C27H31N5O2/c1-30-17-20(21-6-3-4-7-24(21)30)8-9-26(33)31(2)18-27(34)12-5-15-32(19-27)25-11-14-29-23-10-13-28-16-22(23)25/h3-4,6-7,10-11,13-14,16-17,34H,5,8-9,12,15,18-19H2,1-2H3/t27-/m1/s1. The summed E-state index contributed by atoms with van der Waals surface area (Å²) in [6.45, 7) is 1.65. The molecule has 3 aromatic heterocycles. The SMILES string of the molecule is CN(C[C@]1(O)CCCN(c2ccnc3ccncc23)C1)C(=O)CCc1cn(C)c2ccccc12. The monoisotopic (exact) mass is 457 g/mol. The summed E-state index contributed by atoms with van der Waals surface area (Å²) < 4.78 is 2.11. The van der Waals surface area contributed by atoms with Gasteiger partial charge in [-0.05, 0) is 43.0 Å². The molecule has 1 fully saturated rings. The Balaban J connectivity index is 1.25. The molecule has 1 aliphatic rings. The van der Waals surface area contributed by atoms with Crippen molar-refractivity contribution in [3.8, 4) is 0 Å². The Hall–Kier alpha value is -3.45. The molecule has 1 atom stereocenters. The van der Waals surface area contributed by atoms with Crippen LogP contribution in [0.25, 0.3) is 21.8 Å². The molecule has 0 aliphatic carbocycles. The number of benzene rings is 1. The van der Waals surface area contributed by atoms with Crippen LogP contribution in [-0.4, -0.2) is 62.7 Å². The second kappa shape index (κ2) is 9.06. The fourth-order valence-corrected chi connectivity index (χ4v) is 5.28. The van der Waals surface area contributed by atoms with Gasteiger partial charge in [-0.25, -0.2) is 0 Å². The molecule has 4 aromatic rings. The maximum absolute atomic E-state index is 13.0. The minimum absolute atomic E-state index is 0.0528. The van der Waals surface area contributed by atoms with Crippen LogP contribution in [0.3, 0.4) is 0 Å². The summed E-state index contributed by atoms with van der Waals surface area (Å²) in [7, 11) is 3.83. The van der Waals surface area contributed by atoms with E-state index < -0.39 is 5.60 Å². The van der Waals surface area contributed by atoms with Crippen LogP contribution in [0, 0.1) is 0 Å². The number of pyridine rings is 2. The molecule has 7 heteroatoms. The van der Waals surface area contributed by atoms with Gasteiger partial charge in [-0.3, -0.25) is 14.8 Å². The van der Waals surface area contributed by atoms with E-state index in [4.69, 9.17) is 0 Å². The summed E-state index contributed by atoms with van der Waals surface area (Å²) in [5, 5.41) is 13.6. The van der Waals surface area contributed by atoms with Gasteiger partial charge < -0.3 is 19.5 Å². The number of β-amino-alcohol motifs (C(OH)–C–C–N with tert-alkyl or cyclic N) is 1. The van der Waals surface area contributed by atoms with Gasteiger partial charge in [-0.1, -0.05) is 18.2 Å². The third-order valence-electron chi connectivity index (χ3n) is 6.96. The van der Waals surface area contributed by atoms with E-state index in [1.54, 1.807) is 24.3 Å². The minimum Gasteiger partial charge on any atom is -0.386 e. The van der Waals surface area contributed by atoms with Crippen LogP contribution in [0.1, 0.15) is 24.8 Å². The molecule has 1 saturated heterocycles. The third kappa shape index (κ3) is 4.35. The first kappa shape index (κ1) is 22.3. The molecule has 0 spiro atoms. The Labute approximate surface area is 199 Å². The number of amides is 1. The van der Waals surface area contributed by atoms with Crippen LogP contribution >= 0.6 is 0 Å². The van der Waals surface area contributed by atoms with E-state index in [1.165, 1.54) is 16.5 Å². The van der Waals surface area contributed by atoms with Gasteiger partial charge >= 0.3 is 0 Å². The van der Waals surface area contributed by atoms with E-state index >= 15 is 0 Å². The molecule has 7 nitrogen and oxygen atoms in total. The lowest BCUT2D eigenvalue weighted by Crippen LogP contribution is -2.54. The quantitative estimate of drug-likeness (QED) is 0.479. The van der Waals surface area contributed by atoms with Gasteiger partial charge in [-0.2, -0.15) is 0 Å². The van der Waals surface area contributed by atoms with Crippen LogP contribution in [0.2, 0.25) is 0 Å². The Morgan fingerprint density at radius 2 is 2.03 bits per heavy atom. The highest BCUT2D eigenvalue weighted by Crippen LogP contribution is 2.31. The van der Waals surface area contributed by atoms with Gasteiger partial charge in [-0.15, -0.1) is 0 Å². The van der Waals surface area contributed by atoms with Crippen LogP contribution in [0.4, 0.5) is 5.69 Å². The molecule has 34 heavy (non-hydrogen) atoms. The molecule has 1 N–H and O–H groups in total. The van der Waals surface area contributed by atoms with E-state index in [9.17, 15) is 9.90 Å². The normalized spacial score (nSPS) is 18.5. The first-order chi connectivity index (χ1) is 16.4. The van der Waals surface area contributed by atoms with Crippen molar-refractivity contribution < 1.29 is 9.90 Å². The Bertz CT molecular complexity index is 1330. The van der Waals surface area contributed by atoms with E-state index in [-0.39, 0.29) is 5.91 Å². The van der Waals surface area contributed by atoms with Crippen molar-refractivity contribution in [1.82, 2.24) is 19.4 Å². The molecule has 0 radical (unpaired) electrons. The van der Waals surface area contributed by atoms with Crippen molar-refractivity contribution in [3.05, 3.63) is 66.7 Å². The van der Waals surface area contributed by atoms with Crippen LogP contribution in [0.15, 0.2) is 61.2 Å². The van der Waals surface area contributed by atoms with E-state index in [0.29, 0.717) is 32.4 Å². The minimum atomic E-state index is -0.958. The van der Waals surface area contributed by atoms with E-state index in [1.807, 2.05) is 37.5 Å². The number of aromatic nitrogens is 3. The van der Waals surface area contributed by atoms with Crippen molar-refractivity contribution in [3.63, 3.8) is 0 Å². The molecule has 4 heterocycles. The van der Waals surface area contributed by atoms with Crippen LogP contribution in [0.5, 0.6) is 0 Å². The second-order valence-corrected chi connectivity index (χ2v) is 9.50. The topological polar surface area (TPSA) is 74.5 Å². The Kier molecular flexibility index (Phi) is 5.96. The number of likely N-dealkylation sites (N-methyl/N-ethyl adjacent to an activating group) is 1. The lowest BCUT2D eigenvalue weighted by molar-refractivity contribution is -0.133. The zero-order chi connectivity index (χ0) is 23.7. The third-order valence-corrected chi connectivity index (χ3v) is 6.96. The van der Waals surface area contributed by atoms with Crippen LogP contribution in [-0.2, 0) is 18.3 Å². The number of carbonyl (C=O) groups excluding carboxylic acids is 1. The van der Waals surface area contributed by atoms with E-state index in [2.05, 4.69) is 37.8 Å². The summed E-state index contributed by atoms with van der Waals surface area (Å²) in [6.07, 6.45) is 10.1. The zero-order valence-electron chi connectivity index (χ0n) is 19.8. The molecule has 1 amide bonds. The molecule has 0 unspecified atom stereocenters. The van der Waals surface area contributed by atoms with E-state index in [0.717, 1.165) is 29.6 Å². The lowest BCUT2D eigenvalue weighted by atomic mass is 9.91. The molecular formula is C27H31N5O2. The van der Waals surface area contributed by atoms with Gasteiger partial charge in [0.2, 0.25) is 5.91 Å². The highest BCUT2D eigenvalue weighted by Gasteiger charge is 2.36. The summed E-state index contributed by atoms with van der Waals surface area (Å²) >= 11 is 0. The number of hydrogen-bond donors (Lipinski definition) is 1. The second-order valence-electron chi connectivity index (χ2n) is 9.50. The number of aryl methyl sites for hydroxylation is 2. The number of rotatable bonds is 6. The van der Waals surface area contributed by atoms with Crippen molar-refractivity contribution in [2.45, 2.75) is 31.3 Å². The highest BCUT2D eigenvalue weighted by molar-refractivity contribution is 5.90. The van der Waals surface area contributed by atoms with Gasteiger partial charge in [0.1, 0.15) is 0 Å². The maximum Gasteiger partial charge on any atom is 0.222 e. The molecule has 1 aromatic carbocycles. The number of aliphatic hydroxyl groups is 1. The average molecular weight is 458 g/mol. The molecular weight excluding hydrogens is 426 g/mol. The van der Waals surface area contributed by atoms with Crippen molar-refractivity contribution >= 4 is 33.4 Å². The van der Waals surface area contributed by atoms with Gasteiger partial charge in [0.15, 0.2) is 0 Å². The molecule has 0 bridgehead atoms. The number of carbonyl (C=O) groups is 1. The van der Waals surface area contributed by atoms with Crippen molar-refractivity contribution in [2.24, 2.45) is 7.05 Å². The smallest absolute Gasteiger partial charge is 0.222 e. The number of fused-ring (bicyclic) bond motifs is 2. The summed E-state index contributed by atoms with van der Waals surface area (Å²) in [4.78, 5) is 25.6. The highest BCUT2D eigenvalue weighted by atomic mass is 16.3. The maximum atomic E-state index is 13.0. The number of nitrogens with zero attached hydrogens (tertiary/aromatic N) is 5. The predicted molar refractivity (Wildman–Crippen MR) is 135 cm³/mol. The Morgan fingerprint density at radius 1 is 1.18 bits per heavy atom. The number of para-hydroxylation sites is 1. The zero-order valence-corrected chi connectivity index (χ0v) is 19.8.